The topological polar surface area (TPSA) is 108 Å². The Kier molecular flexibility index (Phi) is 6.11. The van der Waals surface area contributed by atoms with E-state index in [0.717, 1.165) is 18.2 Å². The Labute approximate surface area is 192 Å². The van der Waals surface area contributed by atoms with Crippen LogP contribution in [0.3, 0.4) is 0 Å². The molecule has 0 aromatic heterocycles. The number of fused-ring (bicyclic) bond motifs is 1. The predicted molar refractivity (Wildman–Crippen MR) is 114 cm³/mol. The maximum Gasteiger partial charge on any atom is 0.416 e. The lowest BCUT2D eigenvalue weighted by Crippen LogP contribution is -2.60. The highest BCUT2D eigenvalue weighted by atomic mass is 19.4. The Morgan fingerprint density at radius 1 is 1.26 bits per heavy atom. The van der Waals surface area contributed by atoms with E-state index in [1.54, 1.807) is 25.2 Å². The molecule has 2 unspecified atom stereocenters. The zero-order valence-corrected chi connectivity index (χ0v) is 18.1. The zero-order chi connectivity index (χ0) is 24.6. The van der Waals surface area contributed by atoms with E-state index in [2.05, 4.69) is 15.6 Å². The van der Waals surface area contributed by atoms with Crippen molar-refractivity contribution in [1.82, 2.24) is 15.5 Å². The summed E-state index contributed by atoms with van der Waals surface area (Å²) >= 11 is 0. The van der Waals surface area contributed by atoms with Crippen molar-refractivity contribution in [2.75, 3.05) is 6.54 Å². The Bertz CT molecular complexity index is 1160. The van der Waals surface area contributed by atoms with Crippen molar-refractivity contribution in [2.45, 2.75) is 38.0 Å². The first kappa shape index (κ1) is 23.4. The number of amidine groups is 1. The highest BCUT2D eigenvalue weighted by Gasteiger charge is 2.45. The van der Waals surface area contributed by atoms with Gasteiger partial charge in [0.05, 0.1) is 17.5 Å². The molecule has 3 aliphatic rings. The van der Waals surface area contributed by atoms with E-state index in [1.807, 2.05) is 0 Å². The van der Waals surface area contributed by atoms with Crippen LogP contribution in [-0.4, -0.2) is 53.0 Å². The molecular weight excluding hydrogens is 453 g/mol. The van der Waals surface area contributed by atoms with Crippen molar-refractivity contribution in [3.05, 3.63) is 59.2 Å². The third-order valence-electron chi connectivity index (χ3n) is 5.97. The fourth-order valence-corrected chi connectivity index (χ4v) is 4.33. The number of halogens is 3. The second-order valence-corrected chi connectivity index (χ2v) is 8.21. The molecule has 0 saturated carbocycles. The average Bonchev–Trinajstić information content (AvgIpc) is 2.78. The third kappa shape index (κ3) is 4.50. The summed E-state index contributed by atoms with van der Waals surface area (Å²) in [6.07, 6.45) is 0.748. The van der Waals surface area contributed by atoms with Crippen LogP contribution < -0.4 is 10.6 Å². The first-order chi connectivity index (χ1) is 16.1. The summed E-state index contributed by atoms with van der Waals surface area (Å²) in [5.41, 5.74) is -0.592. The Morgan fingerprint density at radius 2 is 2.03 bits per heavy atom. The van der Waals surface area contributed by atoms with Crippen molar-refractivity contribution in [3.63, 3.8) is 0 Å². The number of allylic oxidation sites excluding steroid dienone is 2. The molecule has 4 amide bonds. The van der Waals surface area contributed by atoms with Gasteiger partial charge in [-0.3, -0.25) is 34.4 Å². The van der Waals surface area contributed by atoms with E-state index in [9.17, 15) is 32.3 Å². The number of rotatable bonds is 4. The number of hydrogen-bond donors (Lipinski definition) is 2. The molecule has 2 heterocycles. The first-order valence-electron chi connectivity index (χ1n) is 10.6. The van der Waals surface area contributed by atoms with Gasteiger partial charge in [0.2, 0.25) is 17.7 Å². The monoisotopic (exact) mass is 474 g/mol. The number of imide groups is 1. The molecule has 1 aromatic rings. The van der Waals surface area contributed by atoms with E-state index < -0.39 is 53.4 Å². The van der Waals surface area contributed by atoms with Crippen LogP contribution in [0, 0.1) is 5.92 Å². The van der Waals surface area contributed by atoms with E-state index in [4.69, 9.17) is 0 Å². The third-order valence-corrected chi connectivity index (χ3v) is 5.97. The number of hydrogen-bond acceptors (Lipinski definition) is 5. The van der Waals surface area contributed by atoms with Gasteiger partial charge in [-0.2, -0.15) is 13.2 Å². The van der Waals surface area contributed by atoms with Crippen LogP contribution in [0.5, 0.6) is 0 Å². The van der Waals surface area contributed by atoms with Crippen molar-refractivity contribution in [1.29, 1.82) is 0 Å². The van der Waals surface area contributed by atoms with Gasteiger partial charge in [-0.15, -0.1) is 0 Å². The molecule has 34 heavy (non-hydrogen) atoms. The molecule has 1 aromatic carbocycles. The minimum atomic E-state index is -4.58. The summed E-state index contributed by atoms with van der Waals surface area (Å²) in [5, 5.41) is 4.80. The van der Waals surface area contributed by atoms with Crippen LogP contribution in [0.1, 0.15) is 35.7 Å². The molecule has 3 atom stereocenters. The summed E-state index contributed by atoms with van der Waals surface area (Å²) in [6, 6.07) is 2.64. The largest absolute Gasteiger partial charge is 0.416 e. The summed E-state index contributed by atoms with van der Waals surface area (Å²) < 4.78 is 38.9. The number of amides is 4. The molecule has 0 bridgehead atoms. The molecule has 0 spiro atoms. The van der Waals surface area contributed by atoms with Crippen molar-refractivity contribution in [3.8, 4) is 0 Å². The van der Waals surface area contributed by atoms with E-state index in [1.165, 1.54) is 11.0 Å². The first-order valence-corrected chi connectivity index (χ1v) is 10.6. The highest BCUT2D eigenvalue weighted by molar-refractivity contribution is 6.09. The fourth-order valence-electron chi connectivity index (χ4n) is 4.33. The number of alkyl halides is 3. The van der Waals surface area contributed by atoms with Crippen LogP contribution in [-0.2, 0) is 20.6 Å². The van der Waals surface area contributed by atoms with Crippen molar-refractivity contribution >= 4 is 29.5 Å². The van der Waals surface area contributed by atoms with Crippen molar-refractivity contribution in [2.24, 2.45) is 10.9 Å². The molecule has 1 saturated heterocycles. The van der Waals surface area contributed by atoms with Gasteiger partial charge in [0, 0.05) is 18.5 Å². The maximum absolute atomic E-state index is 13.4. The van der Waals surface area contributed by atoms with Gasteiger partial charge in [-0.25, -0.2) is 0 Å². The standard InChI is InChI=1S/C23H21F3N4O4/c1-12-28-16-7-3-5-14(11-27-20(32)13-4-2-6-15(10-13)23(24,25)26)19(16)22(34)30(12)17-8-9-18(31)29-21(17)33/h2-7,10,16-17,19H,8-9,11H2,1H3,(H,27,32)(H,29,31,33)/t16?,17?,19-/m1/s1. The number of nitrogens with zero attached hydrogens (tertiary/aromatic N) is 2. The number of piperidine rings is 1. The highest BCUT2D eigenvalue weighted by Crippen LogP contribution is 2.32. The van der Waals surface area contributed by atoms with Gasteiger partial charge < -0.3 is 5.32 Å². The quantitative estimate of drug-likeness (QED) is 0.651. The molecule has 8 nitrogen and oxygen atoms in total. The van der Waals surface area contributed by atoms with Crippen LogP contribution in [0.2, 0.25) is 0 Å². The predicted octanol–water partition coefficient (Wildman–Crippen LogP) is 1.98. The second kappa shape index (κ2) is 8.88. The SMILES string of the molecule is CC1=NC2C=CC=C(CNC(=O)c3cccc(C(F)(F)F)c3)[C@H]2C(=O)N1C1CCC(=O)NC1=O. The lowest BCUT2D eigenvalue weighted by atomic mass is 9.84. The van der Waals surface area contributed by atoms with Crippen LogP contribution >= 0.6 is 0 Å². The van der Waals surface area contributed by atoms with Gasteiger partial charge in [0.25, 0.3) is 5.91 Å². The van der Waals surface area contributed by atoms with Gasteiger partial charge in [-0.05, 0) is 37.1 Å². The van der Waals surface area contributed by atoms with Gasteiger partial charge in [0.1, 0.15) is 11.9 Å². The number of benzene rings is 1. The number of aliphatic imine (C=N–C) groups is 1. The van der Waals surface area contributed by atoms with Crippen LogP contribution in [0.25, 0.3) is 0 Å². The Hall–Kier alpha value is -3.76. The molecule has 11 heteroatoms. The lowest BCUT2D eigenvalue weighted by Gasteiger charge is -2.41. The summed E-state index contributed by atoms with van der Waals surface area (Å²) in [6.45, 7) is 1.52. The lowest BCUT2D eigenvalue weighted by molar-refractivity contribution is -0.144. The number of nitrogens with one attached hydrogen (secondary N) is 2. The van der Waals surface area contributed by atoms with E-state index in [0.29, 0.717) is 11.4 Å². The molecule has 1 fully saturated rings. The molecule has 2 N–H and O–H groups in total. The summed E-state index contributed by atoms with van der Waals surface area (Å²) in [5.74, 6) is -2.54. The summed E-state index contributed by atoms with van der Waals surface area (Å²) in [7, 11) is 0. The Morgan fingerprint density at radius 3 is 2.74 bits per heavy atom. The zero-order valence-electron chi connectivity index (χ0n) is 18.1. The fraction of sp³-hybridized carbons (Fsp3) is 0.348. The summed E-state index contributed by atoms with van der Waals surface area (Å²) in [4.78, 5) is 55.6. The second-order valence-electron chi connectivity index (χ2n) is 8.21. The van der Waals surface area contributed by atoms with E-state index in [-0.39, 0.29) is 24.9 Å². The maximum atomic E-state index is 13.4. The van der Waals surface area contributed by atoms with E-state index >= 15 is 0 Å². The number of carbonyl (C=O) groups excluding carboxylic acids is 4. The molecule has 4 rings (SSSR count). The molecule has 178 valence electrons. The van der Waals surface area contributed by atoms with Gasteiger partial charge in [-0.1, -0.05) is 24.3 Å². The van der Waals surface area contributed by atoms with Crippen LogP contribution in [0.15, 0.2) is 53.1 Å². The average molecular weight is 474 g/mol. The Balaban J connectivity index is 1.51. The van der Waals surface area contributed by atoms with Crippen molar-refractivity contribution < 1.29 is 32.3 Å². The number of carbonyl (C=O) groups is 4. The minimum Gasteiger partial charge on any atom is -0.348 e. The minimum absolute atomic E-state index is 0.0932. The normalized spacial score (nSPS) is 24.8. The van der Waals surface area contributed by atoms with Gasteiger partial charge in [0.15, 0.2) is 0 Å². The molecule has 2 aliphatic heterocycles. The molecule has 0 radical (unpaired) electrons. The van der Waals surface area contributed by atoms with Crippen LogP contribution in [0.4, 0.5) is 13.2 Å². The smallest absolute Gasteiger partial charge is 0.348 e. The molecular formula is C23H21F3N4O4. The van der Waals surface area contributed by atoms with Gasteiger partial charge >= 0.3 is 6.18 Å². The molecule has 1 aliphatic carbocycles.